The Bertz CT molecular complexity index is 945. The van der Waals surface area contributed by atoms with Gasteiger partial charge in [0.1, 0.15) is 5.82 Å². The van der Waals surface area contributed by atoms with Crippen molar-refractivity contribution in [3.05, 3.63) is 50.8 Å². The van der Waals surface area contributed by atoms with E-state index < -0.39 is 0 Å². The SMILES string of the molecule is Cn1c(CC(=O)NC2CCCC2)c2n(c1=S)C[C@@H](c1cc(Cl)ccc1F)C2. The molecule has 2 aliphatic rings. The van der Waals surface area contributed by atoms with E-state index in [0.29, 0.717) is 40.8 Å². The van der Waals surface area contributed by atoms with Crippen LogP contribution in [-0.4, -0.2) is 21.1 Å². The molecule has 1 aliphatic carbocycles. The molecule has 1 aliphatic heterocycles. The van der Waals surface area contributed by atoms with Gasteiger partial charge in [0.15, 0.2) is 4.77 Å². The summed E-state index contributed by atoms with van der Waals surface area (Å²) in [7, 11) is 1.90. The standard InChI is InChI=1S/C20H23ClFN3OS/c1-24-17(10-19(26)23-14-4-2-3-5-14)18-8-12(11-25(18)20(24)27)15-9-13(21)6-7-16(15)22/h6-7,9,12,14H,2-5,8,10-11H2,1H3,(H,23,26)/t12-/m0/s1. The smallest absolute Gasteiger partial charge is 0.226 e. The molecule has 0 spiro atoms. The Morgan fingerprint density at radius 2 is 2.11 bits per heavy atom. The Labute approximate surface area is 168 Å². The van der Waals surface area contributed by atoms with Gasteiger partial charge in [-0.1, -0.05) is 24.4 Å². The number of halogens is 2. The number of carbonyl (C=O) groups excluding carboxylic acids is 1. The van der Waals surface area contributed by atoms with Crippen LogP contribution in [0.5, 0.6) is 0 Å². The molecule has 7 heteroatoms. The van der Waals surface area contributed by atoms with Gasteiger partial charge in [-0.05, 0) is 55.2 Å². The molecule has 4 rings (SSSR count). The summed E-state index contributed by atoms with van der Waals surface area (Å²) in [6.45, 7) is 0.615. The summed E-state index contributed by atoms with van der Waals surface area (Å²) in [4.78, 5) is 12.5. The van der Waals surface area contributed by atoms with E-state index in [-0.39, 0.29) is 17.6 Å². The molecule has 1 aromatic carbocycles. The van der Waals surface area contributed by atoms with Gasteiger partial charge >= 0.3 is 0 Å². The monoisotopic (exact) mass is 407 g/mol. The number of benzene rings is 1. The molecule has 27 heavy (non-hydrogen) atoms. The zero-order chi connectivity index (χ0) is 19.1. The summed E-state index contributed by atoms with van der Waals surface area (Å²) in [5, 5.41) is 3.67. The predicted octanol–water partition coefficient (Wildman–Crippen LogP) is 4.29. The number of amides is 1. The fraction of sp³-hybridized carbons (Fsp3) is 0.500. The molecule has 0 bridgehead atoms. The first kappa shape index (κ1) is 18.7. The Balaban J connectivity index is 1.57. The van der Waals surface area contributed by atoms with Crippen LogP contribution in [0.15, 0.2) is 18.2 Å². The van der Waals surface area contributed by atoms with Gasteiger partial charge in [0.25, 0.3) is 0 Å². The first-order chi connectivity index (χ1) is 12.9. The third-order valence-corrected chi connectivity index (χ3v) is 6.60. The number of carbonyl (C=O) groups is 1. The molecule has 1 aromatic heterocycles. The molecular formula is C20H23ClFN3OS. The Hall–Kier alpha value is -1.66. The number of hydrogen-bond acceptors (Lipinski definition) is 2. The van der Waals surface area contributed by atoms with E-state index in [1.807, 2.05) is 16.2 Å². The van der Waals surface area contributed by atoms with E-state index >= 15 is 0 Å². The third kappa shape index (κ3) is 3.57. The summed E-state index contributed by atoms with van der Waals surface area (Å²) in [5.74, 6) is -0.220. The van der Waals surface area contributed by atoms with Gasteiger partial charge < -0.3 is 14.5 Å². The molecule has 1 amide bonds. The maximum absolute atomic E-state index is 14.3. The highest BCUT2D eigenvalue weighted by Crippen LogP contribution is 2.35. The van der Waals surface area contributed by atoms with Crippen molar-refractivity contribution >= 4 is 29.7 Å². The Kier molecular flexibility index (Phi) is 5.12. The van der Waals surface area contributed by atoms with Crippen molar-refractivity contribution in [2.24, 2.45) is 7.05 Å². The number of nitrogens with one attached hydrogen (secondary N) is 1. The molecule has 1 fully saturated rings. The number of imidazole rings is 1. The first-order valence-electron chi connectivity index (χ1n) is 9.45. The molecule has 4 nitrogen and oxygen atoms in total. The quantitative estimate of drug-likeness (QED) is 0.768. The second-order valence-corrected chi connectivity index (χ2v) is 8.44. The Morgan fingerprint density at radius 1 is 1.37 bits per heavy atom. The van der Waals surface area contributed by atoms with Gasteiger partial charge in [0, 0.05) is 42.0 Å². The second-order valence-electron chi connectivity index (χ2n) is 7.64. The first-order valence-corrected chi connectivity index (χ1v) is 10.2. The van der Waals surface area contributed by atoms with Crippen molar-refractivity contribution in [2.75, 3.05) is 0 Å². The van der Waals surface area contributed by atoms with Crippen LogP contribution in [0.25, 0.3) is 0 Å². The van der Waals surface area contributed by atoms with E-state index in [4.69, 9.17) is 23.8 Å². The van der Waals surface area contributed by atoms with E-state index in [0.717, 1.165) is 24.2 Å². The summed E-state index contributed by atoms with van der Waals surface area (Å²) < 4.78 is 18.9. The van der Waals surface area contributed by atoms with Crippen LogP contribution in [0.4, 0.5) is 4.39 Å². The molecule has 1 saturated carbocycles. The summed E-state index contributed by atoms with van der Waals surface area (Å²) in [5.41, 5.74) is 2.58. The van der Waals surface area contributed by atoms with Crippen molar-refractivity contribution in [1.82, 2.24) is 14.5 Å². The third-order valence-electron chi connectivity index (χ3n) is 5.87. The largest absolute Gasteiger partial charge is 0.353 e. The predicted molar refractivity (Wildman–Crippen MR) is 106 cm³/mol. The van der Waals surface area contributed by atoms with Crippen LogP contribution in [-0.2, 0) is 31.2 Å². The van der Waals surface area contributed by atoms with Crippen LogP contribution < -0.4 is 5.32 Å². The zero-order valence-electron chi connectivity index (χ0n) is 15.3. The molecule has 2 aromatic rings. The summed E-state index contributed by atoms with van der Waals surface area (Å²) in [6.07, 6.45) is 5.47. The van der Waals surface area contributed by atoms with Crippen molar-refractivity contribution in [3.8, 4) is 0 Å². The van der Waals surface area contributed by atoms with Crippen molar-refractivity contribution in [1.29, 1.82) is 0 Å². The molecule has 144 valence electrons. The van der Waals surface area contributed by atoms with Gasteiger partial charge in [-0.3, -0.25) is 4.79 Å². The summed E-state index contributed by atoms with van der Waals surface area (Å²) >= 11 is 11.6. The Morgan fingerprint density at radius 3 is 2.85 bits per heavy atom. The van der Waals surface area contributed by atoms with Gasteiger partial charge in [-0.2, -0.15) is 0 Å². The minimum Gasteiger partial charge on any atom is -0.353 e. The van der Waals surface area contributed by atoms with E-state index in [1.54, 1.807) is 12.1 Å². The highest BCUT2D eigenvalue weighted by Gasteiger charge is 2.31. The van der Waals surface area contributed by atoms with Crippen LogP contribution in [0, 0.1) is 10.6 Å². The van der Waals surface area contributed by atoms with E-state index in [1.165, 1.54) is 18.9 Å². The lowest BCUT2D eigenvalue weighted by Gasteiger charge is -2.14. The summed E-state index contributed by atoms with van der Waals surface area (Å²) in [6, 6.07) is 4.97. The fourth-order valence-electron chi connectivity index (χ4n) is 4.45. The molecule has 1 N–H and O–H groups in total. The van der Waals surface area contributed by atoms with Crippen molar-refractivity contribution in [3.63, 3.8) is 0 Å². The van der Waals surface area contributed by atoms with Crippen LogP contribution in [0.1, 0.15) is 48.6 Å². The lowest BCUT2D eigenvalue weighted by atomic mass is 9.95. The number of aromatic nitrogens is 2. The van der Waals surface area contributed by atoms with Crippen LogP contribution in [0.3, 0.4) is 0 Å². The van der Waals surface area contributed by atoms with Gasteiger partial charge in [-0.15, -0.1) is 0 Å². The maximum Gasteiger partial charge on any atom is 0.226 e. The zero-order valence-corrected chi connectivity index (χ0v) is 16.9. The van der Waals surface area contributed by atoms with Gasteiger partial charge in [0.05, 0.1) is 6.42 Å². The lowest BCUT2D eigenvalue weighted by Crippen LogP contribution is -2.34. The fourth-order valence-corrected chi connectivity index (χ4v) is 4.93. The highest BCUT2D eigenvalue weighted by atomic mass is 35.5. The molecule has 2 heterocycles. The van der Waals surface area contributed by atoms with Crippen molar-refractivity contribution in [2.45, 2.75) is 57.0 Å². The minimum absolute atomic E-state index is 0.0155. The molecule has 0 unspecified atom stereocenters. The average molecular weight is 408 g/mol. The normalized spacial score (nSPS) is 19.4. The maximum atomic E-state index is 14.3. The minimum atomic E-state index is -0.244. The van der Waals surface area contributed by atoms with E-state index in [9.17, 15) is 9.18 Å². The number of hydrogen-bond donors (Lipinski definition) is 1. The number of fused-ring (bicyclic) bond motifs is 1. The molecular weight excluding hydrogens is 385 g/mol. The number of rotatable bonds is 4. The van der Waals surface area contributed by atoms with Crippen molar-refractivity contribution < 1.29 is 9.18 Å². The number of nitrogens with zero attached hydrogens (tertiary/aromatic N) is 2. The topological polar surface area (TPSA) is 39.0 Å². The second kappa shape index (κ2) is 7.40. The lowest BCUT2D eigenvalue weighted by molar-refractivity contribution is -0.121. The van der Waals surface area contributed by atoms with E-state index in [2.05, 4.69) is 5.32 Å². The van der Waals surface area contributed by atoms with Crippen LogP contribution >= 0.6 is 23.8 Å². The molecule has 0 saturated heterocycles. The average Bonchev–Trinajstić information content (AvgIpc) is 3.33. The molecule has 1 atom stereocenters. The van der Waals surface area contributed by atoms with Gasteiger partial charge in [0.2, 0.25) is 5.91 Å². The molecule has 0 radical (unpaired) electrons. The van der Waals surface area contributed by atoms with Gasteiger partial charge in [-0.25, -0.2) is 4.39 Å². The van der Waals surface area contributed by atoms with Crippen LogP contribution in [0.2, 0.25) is 5.02 Å². The highest BCUT2D eigenvalue weighted by molar-refractivity contribution is 7.71.